The fraction of sp³-hybridized carbons (Fsp3) is 1.00. The van der Waals surface area contributed by atoms with Crippen LogP contribution in [0.1, 0.15) is 84.5 Å². The Morgan fingerprint density at radius 1 is 0.727 bits per heavy atom. The molecule has 3 nitrogen and oxygen atoms in total. The second-order valence-corrected chi connectivity index (χ2v) is 6.87. The summed E-state index contributed by atoms with van der Waals surface area (Å²) in [5.74, 6) is 0.877. The highest BCUT2D eigenvalue weighted by atomic mass is 16.5. The molecule has 0 amide bonds. The number of hydrogen-bond acceptors (Lipinski definition) is 3. The maximum atomic E-state index is 5.66. The Balaban J connectivity index is 2.94. The van der Waals surface area contributed by atoms with Crippen molar-refractivity contribution in [3.63, 3.8) is 0 Å². The third kappa shape index (κ3) is 19.9. The third-order valence-electron chi connectivity index (χ3n) is 4.02. The van der Waals surface area contributed by atoms with Crippen molar-refractivity contribution >= 4 is 0 Å². The molecule has 0 spiro atoms. The Bertz CT molecular complexity index is 198. The highest BCUT2D eigenvalue weighted by Crippen LogP contribution is 2.12. The molecule has 0 saturated carbocycles. The smallest absolute Gasteiger partial charge is 0.0478 e. The predicted molar refractivity (Wildman–Crippen MR) is 98.4 cm³/mol. The van der Waals surface area contributed by atoms with Crippen molar-refractivity contribution in [2.24, 2.45) is 11.7 Å². The van der Waals surface area contributed by atoms with Gasteiger partial charge in [-0.25, -0.2) is 0 Å². The predicted octanol–water partition coefficient (Wildman–Crippen LogP) is 4.50. The Morgan fingerprint density at radius 2 is 1.27 bits per heavy atom. The Labute approximate surface area is 139 Å². The van der Waals surface area contributed by atoms with E-state index in [-0.39, 0.29) is 0 Å². The van der Waals surface area contributed by atoms with Crippen LogP contribution in [0.4, 0.5) is 0 Å². The van der Waals surface area contributed by atoms with Crippen molar-refractivity contribution in [1.82, 2.24) is 5.32 Å². The van der Waals surface area contributed by atoms with Crippen molar-refractivity contribution in [2.75, 3.05) is 32.8 Å². The average Bonchev–Trinajstić information content (AvgIpc) is 2.50. The standard InChI is InChI=1S/C19H42N2O/c1-19(2)13-9-7-5-3-4-6-8-10-17-22-18-12-16-21-15-11-14-20/h19,21H,3-18,20H2,1-2H3. The number of nitrogens with one attached hydrogen (secondary N) is 1. The molecule has 0 aromatic rings. The van der Waals surface area contributed by atoms with Crippen molar-refractivity contribution in [3.05, 3.63) is 0 Å². The van der Waals surface area contributed by atoms with Crippen LogP contribution >= 0.6 is 0 Å². The quantitative estimate of drug-likeness (QED) is 0.366. The molecule has 134 valence electrons. The summed E-state index contributed by atoms with van der Waals surface area (Å²) in [6.45, 7) is 9.34. The summed E-state index contributed by atoms with van der Waals surface area (Å²) in [6, 6.07) is 0. The van der Waals surface area contributed by atoms with Crippen molar-refractivity contribution in [1.29, 1.82) is 0 Å². The summed E-state index contributed by atoms with van der Waals surface area (Å²) < 4.78 is 5.66. The highest BCUT2D eigenvalue weighted by Gasteiger charge is 1.95. The van der Waals surface area contributed by atoms with Gasteiger partial charge in [-0.1, -0.05) is 65.2 Å². The zero-order valence-electron chi connectivity index (χ0n) is 15.4. The van der Waals surface area contributed by atoms with Gasteiger partial charge in [0.15, 0.2) is 0 Å². The molecule has 0 aromatic carbocycles. The number of ether oxygens (including phenoxy) is 1. The van der Waals surface area contributed by atoms with Crippen LogP contribution in [0.15, 0.2) is 0 Å². The molecule has 0 heterocycles. The van der Waals surface area contributed by atoms with Gasteiger partial charge in [0.2, 0.25) is 0 Å². The van der Waals surface area contributed by atoms with E-state index in [9.17, 15) is 0 Å². The van der Waals surface area contributed by atoms with Gasteiger partial charge in [-0.15, -0.1) is 0 Å². The largest absolute Gasteiger partial charge is 0.381 e. The first-order valence-electron chi connectivity index (χ1n) is 9.76. The molecule has 0 fully saturated rings. The molecule has 0 rings (SSSR count). The number of unbranched alkanes of at least 4 members (excludes halogenated alkanes) is 7. The van der Waals surface area contributed by atoms with Gasteiger partial charge < -0.3 is 15.8 Å². The van der Waals surface area contributed by atoms with Gasteiger partial charge in [-0.2, -0.15) is 0 Å². The topological polar surface area (TPSA) is 47.3 Å². The minimum atomic E-state index is 0.779. The lowest BCUT2D eigenvalue weighted by Crippen LogP contribution is -2.20. The maximum Gasteiger partial charge on any atom is 0.0478 e. The molecule has 22 heavy (non-hydrogen) atoms. The van der Waals surface area contributed by atoms with Gasteiger partial charge in [0.25, 0.3) is 0 Å². The van der Waals surface area contributed by atoms with Crippen LogP contribution in [-0.2, 0) is 4.74 Å². The summed E-state index contributed by atoms with van der Waals surface area (Å²) in [5, 5.41) is 3.37. The lowest BCUT2D eigenvalue weighted by atomic mass is 10.0. The lowest BCUT2D eigenvalue weighted by Gasteiger charge is -2.06. The van der Waals surface area contributed by atoms with Gasteiger partial charge in [0.1, 0.15) is 0 Å². The zero-order valence-corrected chi connectivity index (χ0v) is 15.4. The fourth-order valence-corrected chi connectivity index (χ4v) is 2.57. The van der Waals surface area contributed by atoms with E-state index in [2.05, 4.69) is 19.2 Å². The second kappa shape index (κ2) is 18.9. The van der Waals surface area contributed by atoms with Crippen molar-refractivity contribution in [3.8, 4) is 0 Å². The van der Waals surface area contributed by atoms with Crippen LogP contribution in [0.3, 0.4) is 0 Å². The van der Waals surface area contributed by atoms with Gasteiger partial charge in [-0.05, 0) is 44.8 Å². The summed E-state index contributed by atoms with van der Waals surface area (Å²) in [5.41, 5.74) is 5.44. The molecule has 0 aromatic heterocycles. The Kier molecular flexibility index (Phi) is 18.8. The average molecular weight is 315 g/mol. The van der Waals surface area contributed by atoms with Gasteiger partial charge in [-0.3, -0.25) is 0 Å². The first kappa shape index (κ1) is 21.9. The first-order chi connectivity index (χ1) is 10.8. The highest BCUT2D eigenvalue weighted by molar-refractivity contribution is 4.50. The first-order valence-corrected chi connectivity index (χ1v) is 9.76. The minimum Gasteiger partial charge on any atom is -0.381 e. The zero-order chi connectivity index (χ0) is 16.3. The molecule has 0 saturated heterocycles. The van der Waals surface area contributed by atoms with Crippen LogP contribution in [0, 0.1) is 5.92 Å². The number of rotatable bonds is 18. The van der Waals surface area contributed by atoms with Crippen LogP contribution < -0.4 is 11.1 Å². The number of nitrogens with two attached hydrogens (primary N) is 1. The van der Waals surface area contributed by atoms with E-state index in [1.807, 2.05) is 0 Å². The molecule has 3 heteroatoms. The summed E-state index contributed by atoms with van der Waals surface area (Å²) in [7, 11) is 0. The van der Waals surface area contributed by atoms with Crippen LogP contribution in [0.2, 0.25) is 0 Å². The van der Waals surface area contributed by atoms with E-state index in [0.717, 1.165) is 51.6 Å². The molecule has 0 atom stereocenters. The third-order valence-corrected chi connectivity index (χ3v) is 4.02. The van der Waals surface area contributed by atoms with E-state index in [4.69, 9.17) is 10.5 Å². The van der Waals surface area contributed by atoms with Crippen LogP contribution in [-0.4, -0.2) is 32.8 Å². The maximum absolute atomic E-state index is 5.66. The SMILES string of the molecule is CC(C)CCCCCCCCCCOCCCNCCCN. The molecule has 0 aliphatic carbocycles. The van der Waals surface area contributed by atoms with Gasteiger partial charge >= 0.3 is 0 Å². The van der Waals surface area contributed by atoms with Gasteiger partial charge in [0.05, 0.1) is 0 Å². The molecule has 0 aliphatic heterocycles. The molecule has 3 N–H and O–H groups in total. The summed E-state index contributed by atoms with van der Waals surface area (Å²) >= 11 is 0. The van der Waals surface area contributed by atoms with Gasteiger partial charge in [0, 0.05) is 13.2 Å². The molecule has 0 radical (unpaired) electrons. The van der Waals surface area contributed by atoms with E-state index in [0.29, 0.717) is 0 Å². The van der Waals surface area contributed by atoms with E-state index in [1.165, 1.54) is 57.8 Å². The van der Waals surface area contributed by atoms with E-state index < -0.39 is 0 Å². The Hall–Kier alpha value is -0.120. The summed E-state index contributed by atoms with van der Waals surface area (Å²) in [6.07, 6.45) is 14.6. The molecule has 0 aliphatic rings. The molecule has 0 unspecified atom stereocenters. The normalized spacial score (nSPS) is 11.5. The van der Waals surface area contributed by atoms with E-state index >= 15 is 0 Å². The van der Waals surface area contributed by atoms with Crippen LogP contribution in [0.5, 0.6) is 0 Å². The second-order valence-electron chi connectivity index (χ2n) is 6.87. The Morgan fingerprint density at radius 3 is 1.91 bits per heavy atom. The minimum absolute atomic E-state index is 0.779. The number of hydrogen-bond donors (Lipinski definition) is 2. The monoisotopic (exact) mass is 314 g/mol. The molecular formula is C19H42N2O. The van der Waals surface area contributed by atoms with Crippen molar-refractivity contribution in [2.45, 2.75) is 84.5 Å². The van der Waals surface area contributed by atoms with E-state index in [1.54, 1.807) is 0 Å². The fourth-order valence-electron chi connectivity index (χ4n) is 2.57. The van der Waals surface area contributed by atoms with Crippen LogP contribution in [0.25, 0.3) is 0 Å². The molecule has 0 bridgehead atoms. The summed E-state index contributed by atoms with van der Waals surface area (Å²) in [4.78, 5) is 0. The van der Waals surface area contributed by atoms with Crippen molar-refractivity contribution < 1.29 is 4.74 Å². The lowest BCUT2D eigenvalue weighted by molar-refractivity contribution is 0.127. The molecular weight excluding hydrogens is 272 g/mol.